The molecule has 1 saturated carbocycles. The largest absolute Gasteiger partial charge is 0.329 e. The van der Waals surface area contributed by atoms with Gasteiger partial charge in [0, 0.05) is 30.7 Å². The van der Waals surface area contributed by atoms with E-state index in [1.54, 1.807) is 0 Å². The Morgan fingerprint density at radius 3 is 3.00 bits per heavy atom. The van der Waals surface area contributed by atoms with Gasteiger partial charge in [0.1, 0.15) is 0 Å². The van der Waals surface area contributed by atoms with Crippen LogP contribution >= 0.6 is 11.8 Å². The van der Waals surface area contributed by atoms with Crippen molar-refractivity contribution in [2.75, 3.05) is 6.54 Å². The average Bonchev–Trinajstić information content (AvgIpc) is 2.86. The second-order valence-electron chi connectivity index (χ2n) is 4.97. The standard InChI is InChI=1S/C13H23N3S/c1-4-7-14-11-5-6-12(10(11)2)17-13-15-8-9-16(13)3/h8-12,14H,4-7H2,1-3H3. The molecule has 96 valence electrons. The molecule has 0 amide bonds. The van der Waals surface area contributed by atoms with E-state index in [1.165, 1.54) is 19.3 Å². The summed E-state index contributed by atoms with van der Waals surface area (Å²) < 4.78 is 2.12. The monoisotopic (exact) mass is 253 g/mol. The van der Waals surface area contributed by atoms with Crippen molar-refractivity contribution in [3.63, 3.8) is 0 Å². The molecule has 17 heavy (non-hydrogen) atoms. The molecule has 1 aromatic heterocycles. The predicted molar refractivity (Wildman–Crippen MR) is 73.3 cm³/mol. The number of nitrogens with one attached hydrogen (secondary N) is 1. The minimum atomic E-state index is 0.702. The summed E-state index contributed by atoms with van der Waals surface area (Å²) in [5, 5.41) is 5.53. The minimum absolute atomic E-state index is 0.702. The van der Waals surface area contributed by atoms with Crippen LogP contribution in [-0.2, 0) is 7.05 Å². The van der Waals surface area contributed by atoms with E-state index in [0.29, 0.717) is 11.3 Å². The van der Waals surface area contributed by atoms with Gasteiger partial charge >= 0.3 is 0 Å². The molecule has 3 atom stereocenters. The molecule has 0 aromatic carbocycles. The average molecular weight is 253 g/mol. The second-order valence-corrected chi connectivity index (χ2v) is 6.18. The van der Waals surface area contributed by atoms with E-state index < -0.39 is 0 Å². The number of aryl methyl sites for hydroxylation is 1. The SMILES string of the molecule is CCCNC1CCC(Sc2nccn2C)C1C. The lowest BCUT2D eigenvalue weighted by Crippen LogP contribution is -2.33. The summed E-state index contributed by atoms with van der Waals surface area (Å²) in [5.74, 6) is 0.739. The number of aromatic nitrogens is 2. The third kappa shape index (κ3) is 3.05. The smallest absolute Gasteiger partial charge is 0.167 e. The van der Waals surface area contributed by atoms with Gasteiger partial charge in [-0.2, -0.15) is 0 Å². The maximum atomic E-state index is 4.41. The van der Waals surface area contributed by atoms with Crippen LogP contribution in [0, 0.1) is 5.92 Å². The fourth-order valence-electron chi connectivity index (χ4n) is 2.51. The molecule has 1 fully saturated rings. The van der Waals surface area contributed by atoms with Gasteiger partial charge in [-0.15, -0.1) is 0 Å². The summed E-state index contributed by atoms with van der Waals surface area (Å²) in [5.41, 5.74) is 0. The van der Waals surface area contributed by atoms with Gasteiger partial charge in [-0.05, 0) is 31.7 Å². The molecule has 3 unspecified atom stereocenters. The minimum Gasteiger partial charge on any atom is -0.329 e. The molecule has 1 heterocycles. The van der Waals surface area contributed by atoms with Crippen molar-refractivity contribution in [2.24, 2.45) is 13.0 Å². The summed E-state index contributed by atoms with van der Waals surface area (Å²) in [6.07, 6.45) is 7.74. The van der Waals surface area contributed by atoms with Crippen LogP contribution in [0.15, 0.2) is 17.6 Å². The molecule has 0 spiro atoms. The molecule has 1 aromatic rings. The van der Waals surface area contributed by atoms with Crippen LogP contribution in [0.25, 0.3) is 0 Å². The Bertz CT molecular complexity index is 350. The van der Waals surface area contributed by atoms with Crippen molar-refractivity contribution in [3.8, 4) is 0 Å². The first-order valence-corrected chi connectivity index (χ1v) is 7.47. The zero-order chi connectivity index (χ0) is 12.3. The first-order valence-electron chi connectivity index (χ1n) is 6.59. The quantitative estimate of drug-likeness (QED) is 0.875. The van der Waals surface area contributed by atoms with E-state index in [9.17, 15) is 0 Å². The molecule has 1 aliphatic carbocycles. The van der Waals surface area contributed by atoms with Crippen LogP contribution in [0.4, 0.5) is 0 Å². The van der Waals surface area contributed by atoms with Crippen molar-refractivity contribution in [1.29, 1.82) is 0 Å². The Hall–Kier alpha value is -0.480. The molecular formula is C13H23N3S. The summed E-state index contributed by atoms with van der Waals surface area (Å²) in [6.45, 7) is 5.75. The number of rotatable bonds is 5. The Morgan fingerprint density at radius 2 is 2.35 bits per heavy atom. The zero-order valence-corrected chi connectivity index (χ0v) is 11.8. The van der Waals surface area contributed by atoms with Crippen LogP contribution < -0.4 is 5.32 Å². The highest BCUT2D eigenvalue weighted by molar-refractivity contribution is 7.99. The first-order chi connectivity index (χ1) is 8.22. The van der Waals surface area contributed by atoms with Gasteiger partial charge in [0.2, 0.25) is 0 Å². The van der Waals surface area contributed by atoms with Crippen molar-refractivity contribution in [1.82, 2.24) is 14.9 Å². The van der Waals surface area contributed by atoms with Crippen molar-refractivity contribution in [2.45, 2.75) is 49.6 Å². The predicted octanol–water partition coefficient (Wildman–Crippen LogP) is 2.68. The van der Waals surface area contributed by atoms with Crippen molar-refractivity contribution < 1.29 is 0 Å². The Labute approximate surface area is 108 Å². The van der Waals surface area contributed by atoms with E-state index in [0.717, 1.165) is 17.6 Å². The number of hydrogen-bond donors (Lipinski definition) is 1. The van der Waals surface area contributed by atoms with E-state index in [1.807, 2.05) is 24.2 Å². The van der Waals surface area contributed by atoms with Crippen LogP contribution in [0.2, 0.25) is 0 Å². The van der Waals surface area contributed by atoms with Gasteiger partial charge < -0.3 is 9.88 Å². The molecular weight excluding hydrogens is 230 g/mol. The first kappa shape index (κ1) is 13.0. The van der Waals surface area contributed by atoms with E-state index in [-0.39, 0.29) is 0 Å². The Balaban J connectivity index is 1.89. The molecule has 3 nitrogen and oxygen atoms in total. The lowest BCUT2D eigenvalue weighted by molar-refractivity contribution is 0.431. The summed E-state index contributed by atoms with van der Waals surface area (Å²) >= 11 is 1.94. The third-order valence-electron chi connectivity index (χ3n) is 3.67. The lowest BCUT2D eigenvalue weighted by Gasteiger charge is -2.21. The maximum Gasteiger partial charge on any atom is 0.167 e. The van der Waals surface area contributed by atoms with Gasteiger partial charge in [0.15, 0.2) is 5.16 Å². The number of thioether (sulfide) groups is 1. The van der Waals surface area contributed by atoms with Gasteiger partial charge in [0.05, 0.1) is 0 Å². The van der Waals surface area contributed by atoms with Crippen LogP contribution in [-0.4, -0.2) is 27.4 Å². The maximum absolute atomic E-state index is 4.41. The molecule has 0 saturated heterocycles. The van der Waals surface area contributed by atoms with Gasteiger partial charge in [-0.3, -0.25) is 0 Å². The van der Waals surface area contributed by atoms with Gasteiger partial charge in [0.25, 0.3) is 0 Å². The van der Waals surface area contributed by atoms with Crippen molar-refractivity contribution in [3.05, 3.63) is 12.4 Å². The summed E-state index contributed by atoms with van der Waals surface area (Å²) in [7, 11) is 2.07. The Morgan fingerprint density at radius 1 is 1.53 bits per heavy atom. The van der Waals surface area contributed by atoms with Crippen LogP contribution in [0.5, 0.6) is 0 Å². The van der Waals surface area contributed by atoms with E-state index >= 15 is 0 Å². The fourth-order valence-corrected chi connectivity index (χ4v) is 3.79. The van der Waals surface area contributed by atoms with Gasteiger partial charge in [-0.1, -0.05) is 25.6 Å². The van der Waals surface area contributed by atoms with E-state index in [2.05, 4.69) is 35.8 Å². The summed E-state index contributed by atoms with van der Waals surface area (Å²) in [4.78, 5) is 4.41. The number of imidazole rings is 1. The highest BCUT2D eigenvalue weighted by Crippen LogP contribution is 2.38. The topological polar surface area (TPSA) is 29.9 Å². The molecule has 0 aliphatic heterocycles. The molecule has 0 radical (unpaired) electrons. The summed E-state index contributed by atoms with van der Waals surface area (Å²) in [6, 6.07) is 0.702. The molecule has 0 bridgehead atoms. The highest BCUT2D eigenvalue weighted by Gasteiger charge is 2.33. The zero-order valence-electron chi connectivity index (χ0n) is 11.0. The molecule has 1 N–H and O–H groups in total. The van der Waals surface area contributed by atoms with Gasteiger partial charge in [-0.25, -0.2) is 4.98 Å². The highest BCUT2D eigenvalue weighted by atomic mass is 32.2. The normalized spacial score (nSPS) is 28.8. The fraction of sp³-hybridized carbons (Fsp3) is 0.769. The lowest BCUT2D eigenvalue weighted by atomic mass is 10.1. The Kier molecular flexibility index (Phi) is 4.51. The molecule has 2 rings (SSSR count). The second kappa shape index (κ2) is 5.91. The number of hydrogen-bond acceptors (Lipinski definition) is 3. The van der Waals surface area contributed by atoms with E-state index in [4.69, 9.17) is 0 Å². The third-order valence-corrected chi connectivity index (χ3v) is 5.25. The van der Waals surface area contributed by atoms with Crippen LogP contribution in [0.3, 0.4) is 0 Å². The molecule has 1 aliphatic rings. The van der Waals surface area contributed by atoms with Crippen LogP contribution in [0.1, 0.15) is 33.1 Å². The molecule has 4 heteroatoms. The van der Waals surface area contributed by atoms with Crippen molar-refractivity contribution >= 4 is 11.8 Å². The number of nitrogens with zero attached hydrogens (tertiary/aromatic N) is 2.